The molecular weight excluding hydrogens is 471 g/mol. The normalized spacial score (nSPS) is 11.1. The molecule has 7 heteroatoms. The van der Waals surface area contributed by atoms with Gasteiger partial charge < -0.3 is 14.6 Å². The smallest absolute Gasteiger partial charge is 0.277 e. The van der Waals surface area contributed by atoms with Crippen LogP contribution in [0.3, 0.4) is 0 Å². The van der Waals surface area contributed by atoms with Crippen molar-refractivity contribution in [3.63, 3.8) is 0 Å². The third kappa shape index (κ3) is 6.12. The number of hydrogen-bond donors (Lipinski definition) is 2. The first-order valence-electron chi connectivity index (χ1n) is 9.02. The van der Waals surface area contributed by atoms with Crippen LogP contribution in [0, 0.1) is 10.5 Å². The number of aryl methyl sites for hydroxylation is 1. The van der Waals surface area contributed by atoms with Crippen molar-refractivity contribution in [3.8, 4) is 17.2 Å². The maximum Gasteiger partial charge on any atom is 0.277 e. The fourth-order valence-corrected chi connectivity index (χ4v) is 3.16. The first kappa shape index (κ1) is 22.0. The lowest BCUT2D eigenvalue weighted by Crippen LogP contribution is -2.25. The molecule has 150 valence electrons. The third-order valence-electron chi connectivity index (χ3n) is 3.90. The Hall–Kier alpha value is -2.29. The number of phenolic OH excluding ortho intramolecular Hbond substituents is 1. The molecule has 0 saturated heterocycles. The van der Waals surface area contributed by atoms with Crippen LogP contribution in [0.15, 0.2) is 35.4 Å². The summed E-state index contributed by atoms with van der Waals surface area (Å²) < 4.78 is 11.7. The highest BCUT2D eigenvalue weighted by Gasteiger charge is 2.11. The fraction of sp³-hybridized carbons (Fsp3) is 0.333. The van der Waals surface area contributed by atoms with E-state index in [1.807, 2.05) is 54.6 Å². The standard InChI is InChI=1S/C21H25IN2O4/c1-5-27-19-10-15(9-17(22)21(19)26)11-23-24-20(25)12-28-18-8-14(4)6-7-16(18)13(2)3/h6-11,13,26H,5,12H2,1-4H3,(H,24,25)/b23-11-. The third-order valence-corrected chi connectivity index (χ3v) is 4.73. The molecular formula is C21H25IN2O4. The minimum Gasteiger partial charge on any atom is -0.504 e. The zero-order valence-electron chi connectivity index (χ0n) is 16.5. The highest BCUT2D eigenvalue weighted by molar-refractivity contribution is 14.1. The second kappa shape index (κ2) is 10.3. The van der Waals surface area contributed by atoms with Gasteiger partial charge in [-0.25, -0.2) is 5.43 Å². The van der Waals surface area contributed by atoms with E-state index in [9.17, 15) is 9.90 Å². The van der Waals surface area contributed by atoms with Crippen molar-refractivity contribution in [1.29, 1.82) is 0 Å². The van der Waals surface area contributed by atoms with E-state index in [4.69, 9.17) is 9.47 Å². The Morgan fingerprint density at radius 3 is 2.68 bits per heavy atom. The number of hydrogen-bond acceptors (Lipinski definition) is 5. The molecule has 0 aliphatic rings. The monoisotopic (exact) mass is 496 g/mol. The summed E-state index contributed by atoms with van der Waals surface area (Å²) in [7, 11) is 0. The van der Waals surface area contributed by atoms with Gasteiger partial charge in [0.2, 0.25) is 0 Å². The number of carbonyl (C=O) groups is 1. The quantitative estimate of drug-likeness (QED) is 0.324. The molecule has 0 heterocycles. The van der Waals surface area contributed by atoms with Gasteiger partial charge in [0.15, 0.2) is 18.1 Å². The number of nitrogens with one attached hydrogen (secondary N) is 1. The van der Waals surface area contributed by atoms with Crippen molar-refractivity contribution in [2.75, 3.05) is 13.2 Å². The number of benzene rings is 2. The highest BCUT2D eigenvalue weighted by atomic mass is 127. The maximum absolute atomic E-state index is 12.0. The molecule has 0 fully saturated rings. The van der Waals surface area contributed by atoms with Crippen LogP contribution in [0.1, 0.15) is 43.4 Å². The molecule has 28 heavy (non-hydrogen) atoms. The number of amides is 1. The first-order valence-corrected chi connectivity index (χ1v) is 10.1. The molecule has 0 unspecified atom stereocenters. The van der Waals surface area contributed by atoms with Gasteiger partial charge in [0.25, 0.3) is 5.91 Å². The largest absolute Gasteiger partial charge is 0.504 e. The number of phenols is 1. The van der Waals surface area contributed by atoms with Gasteiger partial charge in [-0.3, -0.25) is 4.79 Å². The van der Waals surface area contributed by atoms with Crippen molar-refractivity contribution in [2.24, 2.45) is 5.10 Å². The molecule has 2 N–H and O–H groups in total. The van der Waals surface area contributed by atoms with Crippen molar-refractivity contribution in [1.82, 2.24) is 5.43 Å². The summed E-state index contributed by atoms with van der Waals surface area (Å²) >= 11 is 2.01. The van der Waals surface area contributed by atoms with E-state index in [0.29, 0.717) is 33.2 Å². The molecule has 0 bridgehead atoms. The minimum atomic E-state index is -0.356. The molecule has 0 saturated carbocycles. The van der Waals surface area contributed by atoms with Crippen molar-refractivity contribution in [3.05, 3.63) is 50.6 Å². The van der Waals surface area contributed by atoms with Gasteiger partial charge in [-0.05, 0) is 77.2 Å². The summed E-state index contributed by atoms with van der Waals surface area (Å²) in [6, 6.07) is 9.39. The molecule has 0 spiro atoms. The lowest BCUT2D eigenvalue weighted by Gasteiger charge is -2.14. The topological polar surface area (TPSA) is 80.2 Å². The van der Waals surface area contributed by atoms with Crippen molar-refractivity contribution in [2.45, 2.75) is 33.6 Å². The zero-order chi connectivity index (χ0) is 20.7. The maximum atomic E-state index is 12.0. The average molecular weight is 496 g/mol. The Labute approximate surface area is 179 Å². The van der Waals surface area contributed by atoms with Gasteiger partial charge in [0, 0.05) is 0 Å². The summed E-state index contributed by atoms with van der Waals surface area (Å²) in [6.45, 7) is 8.30. The lowest BCUT2D eigenvalue weighted by molar-refractivity contribution is -0.123. The Bertz CT molecular complexity index is 866. The fourth-order valence-electron chi connectivity index (χ4n) is 2.53. The summed E-state index contributed by atoms with van der Waals surface area (Å²) in [4.78, 5) is 12.0. The Morgan fingerprint density at radius 2 is 2.00 bits per heavy atom. The van der Waals surface area contributed by atoms with Gasteiger partial charge in [0.1, 0.15) is 5.75 Å². The van der Waals surface area contributed by atoms with Crippen LogP contribution < -0.4 is 14.9 Å². The number of hydrazone groups is 1. The van der Waals surface area contributed by atoms with Crippen LogP contribution in [-0.4, -0.2) is 30.4 Å². The molecule has 2 aromatic carbocycles. The van der Waals surface area contributed by atoms with Gasteiger partial charge in [-0.1, -0.05) is 26.0 Å². The van der Waals surface area contributed by atoms with Gasteiger partial charge in [-0.2, -0.15) is 5.10 Å². The molecule has 6 nitrogen and oxygen atoms in total. The van der Waals surface area contributed by atoms with Gasteiger partial charge in [-0.15, -0.1) is 0 Å². The second-order valence-electron chi connectivity index (χ2n) is 6.56. The summed E-state index contributed by atoms with van der Waals surface area (Å²) in [6.07, 6.45) is 1.49. The lowest BCUT2D eigenvalue weighted by atomic mass is 10.0. The molecule has 0 atom stereocenters. The SMILES string of the molecule is CCOc1cc(/C=N\NC(=O)COc2cc(C)ccc2C(C)C)cc(I)c1O. The summed E-state index contributed by atoms with van der Waals surface area (Å²) in [5.41, 5.74) is 5.28. The molecule has 0 aliphatic heterocycles. The number of nitrogens with zero attached hydrogens (tertiary/aromatic N) is 1. The van der Waals surface area contributed by atoms with E-state index < -0.39 is 0 Å². The predicted octanol–water partition coefficient (Wildman–Crippen LogP) is 4.36. The number of ether oxygens (including phenoxy) is 2. The van der Waals surface area contributed by atoms with Crippen LogP contribution in [-0.2, 0) is 4.79 Å². The van der Waals surface area contributed by atoms with E-state index in [1.54, 1.807) is 12.1 Å². The molecule has 0 aliphatic carbocycles. The molecule has 2 aromatic rings. The number of carbonyl (C=O) groups excluding carboxylic acids is 1. The molecule has 2 rings (SSSR count). The first-order chi connectivity index (χ1) is 13.3. The van der Waals surface area contributed by atoms with Gasteiger partial charge >= 0.3 is 0 Å². The van der Waals surface area contributed by atoms with Crippen LogP contribution in [0.4, 0.5) is 0 Å². The Morgan fingerprint density at radius 1 is 1.25 bits per heavy atom. The number of rotatable bonds is 8. The molecule has 0 aromatic heterocycles. The van der Waals surface area contributed by atoms with E-state index in [-0.39, 0.29) is 18.3 Å². The Kier molecular flexibility index (Phi) is 8.10. The summed E-state index contributed by atoms with van der Waals surface area (Å²) in [5.74, 6) is 1.13. The van der Waals surface area contributed by atoms with Crippen LogP contribution in [0.25, 0.3) is 0 Å². The summed E-state index contributed by atoms with van der Waals surface area (Å²) in [5, 5.41) is 13.9. The molecule has 1 amide bonds. The second-order valence-corrected chi connectivity index (χ2v) is 7.72. The van der Waals surface area contributed by atoms with Crippen molar-refractivity contribution < 1.29 is 19.4 Å². The zero-order valence-corrected chi connectivity index (χ0v) is 18.6. The van der Waals surface area contributed by atoms with E-state index >= 15 is 0 Å². The predicted molar refractivity (Wildman–Crippen MR) is 118 cm³/mol. The van der Waals surface area contributed by atoms with Crippen LogP contribution in [0.5, 0.6) is 17.2 Å². The minimum absolute atomic E-state index is 0.0937. The average Bonchev–Trinajstić information content (AvgIpc) is 2.64. The van der Waals surface area contributed by atoms with Crippen molar-refractivity contribution >= 4 is 34.7 Å². The van der Waals surface area contributed by atoms with Gasteiger partial charge in [0.05, 0.1) is 16.4 Å². The van der Waals surface area contributed by atoms with E-state index in [0.717, 1.165) is 11.1 Å². The van der Waals surface area contributed by atoms with E-state index in [1.165, 1.54) is 6.21 Å². The Balaban J connectivity index is 1.97. The number of halogens is 1. The number of aromatic hydroxyl groups is 1. The van der Waals surface area contributed by atoms with Crippen LogP contribution in [0.2, 0.25) is 0 Å². The molecule has 0 radical (unpaired) electrons. The highest BCUT2D eigenvalue weighted by Crippen LogP contribution is 2.32. The van der Waals surface area contributed by atoms with Crippen LogP contribution >= 0.6 is 22.6 Å². The van der Waals surface area contributed by atoms with E-state index in [2.05, 4.69) is 24.4 Å².